The maximum Gasteiger partial charge on any atom is 0.485 e. The van der Waals surface area contributed by atoms with E-state index >= 15 is 0 Å². The third kappa shape index (κ3) is 2.45. The van der Waals surface area contributed by atoms with Gasteiger partial charge >= 0.3 is 5.51 Å². The topological polar surface area (TPSA) is 20.3 Å². The minimum Gasteiger partial charge on any atom is -0.233 e. The predicted octanol–water partition coefficient (Wildman–Crippen LogP) is 1.66. The molecule has 1 atom stereocenters. The Morgan fingerprint density at radius 2 is 1.58 bits per heavy atom. The van der Waals surface area contributed by atoms with Gasteiger partial charge in [-0.25, -0.2) is 8.51 Å². The van der Waals surface area contributed by atoms with Gasteiger partial charge in [-0.3, -0.25) is 0 Å². The van der Waals surface area contributed by atoms with Crippen LogP contribution in [0.4, 0.5) is 13.2 Å². The molecule has 0 radical (unpaired) electrons. The van der Waals surface area contributed by atoms with E-state index in [1.54, 1.807) is 0 Å². The van der Waals surface area contributed by atoms with Crippen LogP contribution in [0.15, 0.2) is 0 Å². The maximum absolute atomic E-state index is 11.9. The van der Waals surface area contributed by atoms with Gasteiger partial charge in [0.25, 0.3) is 0 Å². The van der Waals surface area contributed by atoms with Crippen molar-refractivity contribution >= 4 is 11.0 Å². The second kappa shape index (κ2) is 3.74. The van der Waals surface area contributed by atoms with Gasteiger partial charge in [0.05, 0.1) is 0 Å². The van der Waals surface area contributed by atoms with E-state index in [-0.39, 0.29) is 0 Å². The molecule has 1 aliphatic rings. The summed E-state index contributed by atoms with van der Waals surface area (Å²) in [4.78, 5) is 0. The Hall–Kier alpha value is -0.100. The molecule has 1 heterocycles. The quantitative estimate of drug-likeness (QED) is 0.631. The Balaban J connectivity index is 2.51. The summed E-state index contributed by atoms with van der Waals surface area (Å²) in [6.07, 6.45) is 2.36. The largest absolute Gasteiger partial charge is 0.485 e. The van der Waals surface area contributed by atoms with Crippen molar-refractivity contribution in [2.45, 2.75) is 24.8 Å². The van der Waals surface area contributed by atoms with Crippen molar-refractivity contribution in [2.75, 3.05) is 13.1 Å². The summed E-state index contributed by atoms with van der Waals surface area (Å²) in [6.45, 7) is 0.595. The van der Waals surface area contributed by atoms with Gasteiger partial charge in [0.2, 0.25) is 11.0 Å². The minimum absolute atomic E-state index is 0.298. The van der Waals surface area contributed by atoms with E-state index in [1.165, 1.54) is 0 Å². The van der Waals surface area contributed by atoms with Gasteiger partial charge in [0.15, 0.2) is 0 Å². The fourth-order valence-corrected chi connectivity index (χ4v) is 2.06. The van der Waals surface area contributed by atoms with E-state index in [4.69, 9.17) is 0 Å². The number of nitrogens with zero attached hydrogens (tertiary/aromatic N) is 1. The molecule has 0 aliphatic carbocycles. The van der Waals surface area contributed by atoms with Gasteiger partial charge in [-0.1, -0.05) is 6.42 Å². The molecule has 1 rings (SSSR count). The molecule has 1 aliphatic heterocycles. The molecule has 72 valence electrons. The number of hydrogen-bond acceptors (Lipinski definition) is 1. The Kier molecular flexibility index (Phi) is 3.11. The minimum atomic E-state index is -4.59. The number of hydrogen-bond donors (Lipinski definition) is 0. The highest BCUT2D eigenvalue weighted by Gasteiger charge is 2.41. The Labute approximate surface area is 71.3 Å². The molecule has 1 unspecified atom stereocenters. The lowest BCUT2D eigenvalue weighted by Gasteiger charge is -2.25. The van der Waals surface area contributed by atoms with Crippen LogP contribution < -0.4 is 0 Å². The molecular weight excluding hydrogens is 191 g/mol. The van der Waals surface area contributed by atoms with Gasteiger partial charge in [-0.05, 0) is 12.8 Å². The van der Waals surface area contributed by atoms with Crippen molar-refractivity contribution in [3.05, 3.63) is 0 Å². The second-order valence-electron chi connectivity index (χ2n) is 2.68. The van der Waals surface area contributed by atoms with E-state index in [2.05, 4.69) is 0 Å². The second-order valence-corrected chi connectivity index (χ2v) is 4.16. The van der Waals surface area contributed by atoms with Crippen LogP contribution >= 0.6 is 0 Å². The van der Waals surface area contributed by atoms with E-state index in [0.717, 1.165) is 10.7 Å². The zero-order valence-corrected chi connectivity index (χ0v) is 7.25. The van der Waals surface area contributed by atoms with Crippen LogP contribution in [0.1, 0.15) is 19.3 Å². The van der Waals surface area contributed by atoms with Gasteiger partial charge in [0, 0.05) is 13.1 Å². The van der Waals surface area contributed by atoms with Crippen molar-refractivity contribution < 1.29 is 17.4 Å². The lowest BCUT2D eigenvalue weighted by Crippen LogP contribution is -2.38. The highest BCUT2D eigenvalue weighted by molar-refractivity contribution is 7.83. The van der Waals surface area contributed by atoms with Gasteiger partial charge in [0.1, 0.15) is 0 Å². The Morgan fingerprint density at radius 3 is 2.00 bits per heavy atom. The molecule has 12 heavy (non-hydrogen) atoms. The average Bonchev–Trinajstić information content (AvgIpc) is 2.03. The zero-order chi connectivity index (χ0) is 9.19. The van der Waals surface area contributed by atoms with Crippen LogP contribution in [0.25, 0.3) is 0 Å². The van der Waals surface area contributed by atoms with Crippen molar-refractivity contribution in [3.63, 3.8) is 0 Å². The summed E-state index contributed by atoms with van der Waals surface area (Å²) in [5, 5.41) is 0. The maximum atomic E-state index is 11.9. The van der Waals surface area contributed by atoms with Crippen LogP contribution in [0.3, 0.4) is 0 Å². The molecule has 1 saturated heterocycles. The van der Waals surface area contributed by atoms with Crippen LogP contribution in [0.5, 0.6) is 0 Å². The normalized spacial score (nSPS) is 23.9. The molecule has 1 fully saturated rings. The summed E-state index contributed by atoms with van der Waals surface area (Å²) in [6, 6.07) is 0. The highest BCUT2D eigenvalue weighted by Crippen LogP contribution is 2.24. The van der Waals surface area contributed by atoms with Gasteiger partial charge in [-0.15, -0.1) is 0 Å². The predicted molar refractivity (Wildman–Crippen MR) is 39.6 cm³/mol. The zero-order valence-electron chi connectivity index (χ0n) is 6.43. The summed E-state index contributed by atoms with van der Waals surface area (Å²) < 4.78 is 47.4. The molecule has 0 aromatic heterocycles. The summed E-state index contributed by atoms with van der Waals surface area (Å²) in [5.41, 5.74) is -4.59. The molecular formula is C6H10F3NOS. The third-order valence-electron chi connectivity index (χ3n) is 1.75. The lowest BCUT2D eigenvalue weighted by molar-refractivity contribution is -0.0432. The summed E-state index contributed by atoms with van der Waals surface area (Å²) in [5.74, 6) is 0. The first-order valence-electron chi connectivity index (χ1n) is 3.75. The van der Waals surface area contributed by atoms with Crippen molar-refractivity contribution in [2.24, 2.45) is 0 Å². The molecule has 0 N–H and O–H groups in total. The first-order valence-corrected chi connectivity index (χ1v) is 4.86. The standard InChI is InChI=1S/C6H10F3NOS/c7-6(8,9)12(11)10-4-2-1-3-5-10/h1-5H2. The fourth-order valence-electron chi connectivity index (χ4n) is 1.18. The molecule has 2 nitrogen and oxygen atoms in total. The third-order valence-corrected chi connectivity index (χ3v) is 2.98. The Morgan fingerprint density at radius 1 is 1.08 bits per heavy atom. The van der Waals surface area contributed by atoms with E-state index < -0.39 is 16.5 Å². The fraction of sp³-hybridized carbons (Fsp3) is 1.00. The van der Waals surface area contributed by atoms with Crippen LogP contribution in [-0.4, -0.2) is 27.1 Å². The van der Waals surface area contributed by atoms with E-state index in [0.29, 0.717) is 25.9 Å². The number of halogens is 3. The first kappa shape index (κ1) is 9.98. The molecule has 0 saturated carbocycles. The smallest absolute Gasteiger partial charge is 0.233 e. The van der Waals surface area contributed by atoms with Gasteiger partial charge < -0.3 is 0 Å². The monoisotopic (exact) mass is 201 g/mol. The number of piperidine rings is 1. The SMILES string of the molecule is O=S(N1CCCCC1)C(F)(F)F. The van der Waals surface area contributed by atoms with Crippen molar-refractivity contribution in [3.8, 4) is 0 Å². The Bertz CT molecular complexity index is 176. The lowest BCUT2D eigenvalue weighted by atomic mass is 10.2. The summed E-state index contributed by atoms with van der Waals surface area (Å²) in [7, 11) is -2.79. The molecule has 0 aromatic rings. The van der Waals surface area contributed by atoms with Gasteiger partial charge in [-0.2, -0.15) is 13.2 Å². The van der Waals surface area contributed by atoms with E-state index in [1.807, 2.05) is 0 Å². The molecule has 6 heteroatoms. The highest BCUT2D eigenvalue weighted by atomic mass is 32.2. The average molecular weight is 201 g/mol. The molecule has 0 aromatic carbocycles. The number of rotatable bonds is 1. The number of alkyl halides is 3. The van der Waals surface area contributed by atoms with Crippen LogP contribution in [-0.2, 0) is 11.0 Å². The van der Waals surface area contributed by atoms with E-state index in [9.17, 15) is 17.4 Å². The summed E-state index contributed by atoms with van der Waals surface area (Å²) >= 11 is 0. The van der Waals surface area contributed by atoms with Crippen molar-refractivity contribution in [1.29, 1.82) is 0 Å². The molecule has 0 amide bonds. The van der Waals surface area contributed by atoms with Crippen LogP contribution in [0.2, 0.25) is 0 Å². The van der Waals surface area contributed by atoms with Crippen molar-refractivity contribution in [1.82, 2.24) is 4.31 Å². The molecule has 0 bridgehead atoms. The molecule has 0 spiro atoms. The first-order chi connectivity index (χ1) is 5.52. The van der Waals surface area contributed by atoms with Crippen LogP contribution in [0, 0.1) is 0 Å².